The van der Waals surface area contributed by atoms with E-state index >= 15 is 0 Å². The standard InChI is InChI=1S/C34H47N3O12/c1-2-3-14-27(32(42)43)35(15-17-36(19-30(38)39)28(33(44)45)23-48-21-25-10-6-4-7-11-25)16-18-37(20-31(40)41)29(34(46)47)24-49-22-26-12-8-5-9-13-26/h4-13,27-29H,2-3,14-24H2,1H3,(H,38,39)(H,40,41)(H,42,43)(H,44,45)(H,46,47)/p-5. The summed E-state index contributed by atoms with van der Waals surface area (Å²) >= 11 is 0. The number of ether oxygens (including phenoxy) is 2. The predicted molar refractivity (Wildman–Crippen MR) is 163 cm³/mol. The molecule has 0 saturated heterocycles. The van der Waals surface area contributed by atoms with Crippen LogP contribution in [0.2, 0.25) is 0 Å². The second-order valence-corrected chi connectivity index (χ2v) is 11.4. The number of carbonyl (C=O) groups is 5. The SMILES string of the molecule is CCCCC(C(=O)[O-])N(CCN(CC(=O)[O-])C(COCc1ccccc1)C(=O)[O-])CCN(CC(=O)[O-])C(COCc1ccccc1)C(=O)[O-]. The van der Waals surface area contributed by atoms with Gasteiger partial charge in [0.15, 0.2) is 0 Å². The maximum absolute atomic E-state index is 12.3. The molecule has 0 saturated carbocycles. The number of carbonyl (C=O) groups excluding carboxylic acids is 5. The number of benzene rings is 2. The summed E-state index contributed by atoms with van der Waals surface area (Å²) in [6, 6.07) is 13.3. The first-order valence-electron chi connectivity index (χ1n) is 15.9. The van der Waals surface area contributed by atoms with Crippen LogP contribution >= 0.6 is 0 Å². The van der Waals surface area contributed by atoms with E-state index < -0.39 is 74.3 Å². The van der Waals surface area contributed by atoms with Crippen molar-refractivity contribution in [2.24, 2.45) is 0 Å². The first-order valence-corrected chi connectivity index (χ1v) is 15.9. The average molecular weight is 685 g/mol. The Hall–Kier alpha value is -4.41. The molecule has 49 heavy (non-hydrogen) atoms. The minimum atomic E-state index is -1.63. The van der Waals surface area contributed by atoms with Crippen molar-refractivity contribution in [3.05, 3.63) is 71.8 Å². The number of rotatable bonds is 27. The van der Waals surface area contributed by atoms with Crippen LogP contribution in [0.4, 0.5) is 0 Å². The third-order valence-electron chi connectivity index (χ3n) is 7.76. The molecule has 0 aliphatic rings. The number of unbranched alkanes of at least 4 members (excludes halogenated alkanes) is 1. The van der Waals surface area contributed by atoms with Crippen LogP contribution in [0.15, 0.2) is 60.7 Å². The van der Waals surface area contributed by atoms with Crippen LogP contribution < -0.4 is 25.5 Å². The Morgan fingerprint density at radius 2 is 0.939 bits per heavy atom. The van der Waals surface area contributed by atoms with Crippen molar-refractivity contribution in [2.75, 3.05) is 52.5 Å². The van der Waals surface area contributed by atoms with Crippen molar-refractivity contribution < 1.29 is 59.0 Å². The number of carboxylic acids is 5. The van der Waals surface area contributed by atoms with E-state index in [0.717, 1.165) is 20.9 Å². The third kappa shape index (κ3) is 15.6. The average Bonchev–Trinajstić information content (AvgIpc) is 3.05. The van der Waals surface area contributed by atoms with Gasteiger partial charge >= 0.3 is 0 Å². The lowest BCUT2D eigenvalue weighted by Gasteiger charge is -2.39. The van der Waals surface area contributed by atoms with E-state index in [1.807, 2.05) is 6.92 Å². The van der Waals surface area contributed by atoms with Gasteiger partial charge in [-0.1, -0.05) is 80.4 Å². The molecular weight excluding hydrogens is 642 g/mol. The molecule has 2 aromatic rings. The Morgan fingerprint density at radius 3 is 1.27 bits per heavy atom. The topological polar surface area (TPSA) is 229 Å². The molecule has 270 valence electrons. The fourth-order valence-corrected chi connectivity index (χ4v) is 5.18. The molecule has 0 aromatic heterocycles. The largest absolute Gasteiger partial charge is 0.549 e. The van der Waals surface area contributed by atoms with E-state index in [1.54, 1.807) is 60.7 Å². The number of nitrogens with zero attached hydrogens (tertiary/aromatic N) is 3. The number of carboxylic acid groups (broad SMARTS) is 5. The van der Waals surface area contributed by atoms with Crippen molar-refractivity contribution >= 4 is 29.8 Å². The highest BCUT2D eigenvalue weighted by atomic mass is 16.5. The molecule has 0 bridgehead atoms. The summed E-state index contributed by atoms with van der Waals surface area (Å²) < 4.78 is 11.1. The lowest BCUT2D eigenvalue weighted by atomic mass is 10.1. The normalized spacial score (nSPS) is 13.3. The van der Waals surface area contributed by atoms with Crippen molar-refractivity contribution in [2.45, 2.75) is 57.5 Å². The lowest BCUT2D eigenvalue weighted by molar-refractivity contribution is -0.318. The van der Waals surface area contributed by atoms with Crippen molar-refractivity contribution in [3.8, 4) is 0 Å². The highest BCUT2D eigenvalue weighted by Gasteiger charge is 2.27. The summed E-state index contributed by atoms with van der Waals surface area (Å²) in [5.74, 6) is -7.94. The first kappa shape index (κ1) is 40.8. The van der Waals surface area contributed by atoms with E-state index in [9.17, 15) is 49.5 Å². The molecule has 0 aliphatic carbocycles. The number of hydrogen-bond donors (Lipinski definition) is 0. The molecule has 3 atom stereocenters. The molecule has 0 aliphatic heterocycles. The van der Waals surface area contributed by atoms with Crippen LogP contribution in [-0.2, 0) is 46.7 Å². The second-order valence-electron chi connectivity index (χ2n) is 11.4. The molecule has 0 radical (unpaired) electrons. The van der Waals surface area contributed by atoms with E-state index in [-0.39, 0.29) is 45.8 Å². The fourth-order valence-electron chi connectivity index (χ4n) is 5.18. The number of aliphatic carboxylic acids is 5. The number of hydrogen-bond acceptors (Lipinski definition) is 15. The molecule has 0 spiro atoms. The fraction of sp³-hybridized carbons (Fsp3) is 0.500. The van der Waals surface area contributed by atoms with Gasteiger partial charge in [-0.25, -0.2) is 0 Å². The Labute approximate surface area is 285 Å². The Balaban J connectivity index is 2.26. The molecule has 2 aromatic carbocycles. The zero-order valence-corrected chi connectivity index (χ0v) is 27.4. The Bertz CT molecular complexity index is 1230. The van der Waals surface area contributed by atoms with Gasteiger partial charge in [-0.2, -0.15) is 0 Å². The molecule has 0 heterocycles. The van der Waals surface area contributed by atoms with Crippen LogP contribution in [0.25, 0.3) is 0 Å². The smallest absolute Gasteiger partial charge is 0.0734 e. The van der Waals surface area contributed by atoms with Gasteiger partial charge in [0.2, 0.25) is 0 Å². The summed E-state index contributed by atoms with van der Waals surface area (Å²) in [5, 5.41) is 59.8. The van der Waals surface area contributed by atoms with E-state index in [1.165, 1.54) is 4.90 Å². The summed E-state index contributed by atoms with van der Waals surface area (Å²) in [4.78, 5) is 63.2. The summed E-state index contributed by atoms with van der Waals surface area (Å²) in [6.07, 6.45) is 1.15. The van der Waals surface area contributed by atoms with Gasteiger partial charge < -0.3 is 59.0 Å². The summed E-state index contributed by atoms with van der Waals surface area (Å²) in [5.41, 5.74) is 1.48. The molecule has 0 fully saturated rings. The van der Waals surface area contributed by atoms with E-state index in [4.69, 9.17) is 9.47 Å². The predicted octanol–water partition coefficient (Wildman–Crippen LogP) is -4.63. The molecule has 2 rings (SSSR count). The van der Waals surface area contributed by atoms with Crippen LogP contribution in [0.1, 0.15) is 37.3 Å². The van der Waals surface area contributed by atoms with Crippen LogP contribution in [0.5, 0.6) is 0 Å². The highest BCUT2D eigenvalue weighted by molar-refractivity contribution is 5.74. The van der Waals surface area contributed by atoms with Gasteiger partial charge in [-0.05, 0) is 17.5 Å². The second kappa shape index (κ2) is 22.3. The molecule has 3 unspecified atom stereocenters. The van der Waals surface area contributed by atoms with E-state index in [2.05, 4.69) is 0 Å². The van der Waals surface area contributed by atoms with Gasteiger partial charge in [-0.3, -0.25) is 14.7 Å². The molecule has 15 heteroatoms. The van der Waals surface area contributed by atoms with Crippen molar-refractivity contribution in [1.29, 1.82) is 0 Å². The van der Waals surface area contributed by atoms with Gasteiger partial charge in [0, 0.05) is 45.3 Å². The zero-order chi connectivity index (χ0) is 36.2. The van der Waals surface area contributed by atoms with Crippen LogP contribution in [0, 0.1) is 0 Å². The lowest BCUT2D eigenvalue weighted by Crippen LogP contribution is -2.59. The Morgan fingerprint density at radius 1 is 0.571 bits per heavy atom. The highest BCUT2D eigenvalue weighted by Crippen LogP contribution is 2.13. The molecular formula is C34H42N3O12-5. The van der Waals surface area contributed by atoms with Crippen LogP contribution in [0.3, 0.4) is 0 Å². The monoisotopic (exact) mass is 684 g/mol. The minimum Gasteiger partial charge on any atom is -0.549 e. The van der Waals surface area contributed by atoms with Gasteiger partial charge in [0.1, 0.15) is 0 Å². The molecule has 15 nitrogen and oxygen atoms in total. The maximum atomic E-state index is 12.3. The van der Waals surface area contributed by atoms with Crippen molar-refractivity contribution in [1.82, 2.24) is 14.7 Å². The summed E-state index contributed by atoms with van der Waals surface area (Å²) in [6.45, 7) is -1.84. The zero-order valence-electron chi connectivity index (χ0n) is 27.4. The minimum absolute atomic E-state index is 0.0304. The molecule has 0 N–H and O–H groups in total. The van der Waals surface area contributed by atoms with Gasteiger partial charge in [0.05, 0.1) is 68.4 Å². The maximum Gasteiger partial charge on any atom is 0.0734 e. The quantitative estimate of drug-likeness (QED) is 0.0862. The third-order valence-corrected chi connectivity index (χ3v) is 7.76. The Kier molecular flexibility index (Phi) is 18.5. The van der Waals surface area contributed by atoms with Crippen molar-refractivity contribution in [3.63, 3.8) is 0 Å². The van der Waals surface area contributed by atoms with Crippen LogP contribution in [-0.4, -0.2) is 115 Å². The van der Waals surface area contributed by atoms with Gasteiger partial charge in [-0.15, -0.1) is 0 Å². The summed E-state index contributed by atoms with van der Waals surface area (Å²) in [7, 11) is 0. The first-order chi connectivity index (χ1) is 23.4. The van der Waals surface area contributed by atoms with Gasteiger partial charge in [0.25, 0.3) is 0 Å². The molecule has 0 amide bonds. The van der Waals surface area contributed by atoms with E-state index in [0.29, 0.717) is 12.8 Å².